The molecule has 1 aliphatic rings. The standard InChI is InChI=1S/C22H21N3O/c1-13-9-10-16-17-12-23-14(2)11-20(17)26-22(16)21(13)25-15(3)24(4)18-7-5-6-8-19(18)25/h5-12,15H,1-4H3/t15-/m0/s1. The summed E-state index contributed by atoms with van der Waals surface area (Å²) in [5, 5.41) is 2.19. The fourth-order valence-electron chi connectivity index (χ4n) is 4.06. The van der Waals surface area contributed by atoms with Gasteiger partial charge in [0.15, 0.2) is 5.58 Å². The van der Waals surface area contributed by atoms with Crippen molar-refractivity contribution in [1.29, 1.82) is 0 Å². The molecule has 4 aromatic rings. The van der Waals surface area contributed by atoms with E-state index < -0.39 is 0 Å². The van der Waals surface area contributed by atoms with Crippen molar-refractivity contribution in [2.75, 3.05) is 16.8 Å². The van der Waals surface area contributed by atoms with E-state index in [0.29, 0.717) is 0 Å². The van der Waals surface area contributed by atoms with Crippen molar-refractivity contribution in [2.45, 2.75) is 26.9 Å². The summed E-state index contributed by atoms with van der Waals surface area (Å²) in [7, 11) is 2.14. The Hall–Kier alpha value is -3.01. The van der Waals surface area contributed by atoms with Gasteiger partial charge in [0.2, 0.25) is 0 Å². The average Bonchev–Trinajstić information content (AvgIpc) is 3.11. The number of pyridine rings is 1. The summed E-state index contributed by atoms with van der Waals surface area (Å²) < 4.78 is 6.36. The lowest BCUT2D eigenvalue weighted by Gasteiger charge is -2.29. The van der Waals surface area contributed by atoms with Crippen LogP contribution in [-0.4, -0.2) is 18.2 Å². The highest BCUT2D eigenvalue weighted by Gasteiger charge is 2.33. The molecule has 0 saturated carbocycles. The van der Waals surface area contributed by atoms with Crippen LogP contribution in [0, 0.1) is 13.8 Å². The van der Waals surface area contributed by atoms with E-state index in [0.717, 1.165) is 33.3 Å². The largest absolute Gasteiger partial charge is 0.454 e. The van der Waals surface area contributed by atoms with Gasteiger partial charge >= 0.3 is 0 Å². The molecule has 4 heteroatoms. The second kappa shape index (κ2) is 5.24. The molecule has 0 bridgehead atoms. The van der Waals surface area contributed by atoms with Gasteiger partial charge in [-0.05, 0) is 38.5 Å². The number of hydrogen-bond acceptors (Lipinski definition) is 4. The Kier molecular flexibility index (Phi) is 3.08. The molecule has 1 atom stereocenters. The summed E-state index contributed by atoms with van der Waals surface area (Å²) in [5.41, 5.74) is 7.60. The number of aromatic nitrogens is 1. The number of nitrogens with zero attached hydrogens (tertiary/aromatic N) is 3. The minimum absolute atomic E-state index is 0.213. The Morgan fingerprint density at radius 1 is 1.00 bits per heavy atom. The zero-order valence-corrected chi connectivity index (χ0v) is 15.4. The van der Waals surface area contributed by atoms with Gasteiger partial charge in [0, 0.05) is 35.8 Å². The number of furan rings is 1. The topological polar surface area (TPSA) is 32.5 Å². The smallest absolute Gasteiger partial charge is 0.159 e. The lowest BCUT2D eigenvalue weighted by Crippen LogP contribution is -2.36. The van der Waals surface area contributed by atoms with Gasteiger partial charge in [-0.2, -0.15) is 0 Å². The lowest BCUT2D eigenvalue weighted by molar-refractivity contribution is 0.660. The zero-order chi connectivity index (χ0) is 18.0. The maximum absolute atomic E-state index is 6.36. The molecule has 130 valence electrons. The van der Waals surface area contributed by atoms with Gasteiger partial charge in [-0.25, -0.2) is 0 Å². The highest BCUT2D eigenvalue weighted by Crippen LogP contribution is 2.47. The predicted molar refractivity (Wildman–Crippen MR) is 107 cm³/mol. The molecule has 0 N–H and O–H groups in total. The second-order valence-corrected chi connectivity index (χ2v) is 7.13. The van der Waals surface area contributed by atoms with Crippen molar-refractivity contribution in [2.24, 2.45) is 0 Å². The molecule has 0 unspecified atom stereocenters. The molecule has 4 nitrogen and oxygen atoms in total. The van der Waals surface area contributed by atoms with Gasteiger partial charge in [-0.15, -0.1) is 0 Å². The molecule has 1 aliphatic heterocycles. The minimum Gasteiger partial charge on any atom is -0.454 e. The summed E-state index contributed by atoms with van der Waals surface area (Å²) in [4.78, 5) is 9.15. The molecule has 3 heterocycles. The van der Waals surface area contributed by atoms with E-state index >= 15 is 0 Å². The van der Waals surface area contributed by atoms with Crippen LogP contribution in [0.1, 0.15) is 18.2 Å². The summed E-state index contributed by atoms with van der Waals surface area (Å²) in [6.07, 6.45) is 2.13. The van der Waals surface area contributed by atoms with Crippen LogP contribution in [0.4, 0.5) is 17.1 Å². The van der Waals surface area contributed by atoms with Gasteiger partial charge in [0.1, 0.15) is 11.7 Å². The number of para-hydroxylation sites is 2. The van der Waals surface area contributed by atoms with Gasteiger partial charge in [-0.1, -0.05) is 24.3 Å². The highest BCUT2D eigenvalue weighted by molar-refractivity contribution is 6.10. The molecular weight excluding hydrogens is 322 g/mol. The Balaban J connectivity index is 1.84. The van der Waals surface area contributed by atoms with Crippen LogP contribution >= 0.6 is 0 Å². The van der Waals surface area contributed by atoms with E-state index in [1.807, 2.05) is 19.2 Å². The van der Waals surface area contributed by atoms with Crippen LogP contribution in [0.3, 0.4) is 0 Å². The van der Waals surface area contributed by atoms with Crippen LogP contribution in [0.15, 0.2) is 53.1 Å². The quantitative estimate of drug-likeness (QED) is 0.455. The Labute approximate surface area is 152 Å². The molecule has 0 amide bonds. The van der Waals surface area contributed by atoms with Gasteiger partial charge < -0.3 is 14.2 Å². The summed E-state index contributed by atoms with van der Waals surface area (Å²) in [6.45, 7) is 6.37. The molecule has 0 aliphatic carbocycles. The van der Waals surface area contributed by atoms with Gasteiger partial charge in [0.25, 0.3) is 0 Å². The van der Waals surface area contributed by atoms with Crippen LogP contribution < -0.4 is 9.80 Å². The van der Waals surface area contributed by atoms with Gasteiger partial charge in [-0.3, -0.25) is 4.98 Å². The molecule has 0 saturated heterocycles. The molecule has 2 aromatic carbocycles. The average molecular weight is 343 g/mol. The van der Waals surface area contributed by atoms with Crippen molar-refractivity contribution < 1.29 is 4.42 Å². The van der Waals surface area contributed by atoms with E-state index in [1.165, 1.54) is 16.9 Å². The highest BCUT2D eigenvalue weighted by atomic mass is 16.3. The van der Waals surface area contributed by atoms with E-state index in [1.54, 1.807) is 0 Å². The first-order valence-electron chi connectivity index (χ1n) is 8.96. The Bertz CT molecular complexity index is 1160. The van der Waals surface area contributed by atoms with Crippen molar-refractivity contribution in [3.8, 4) is 0 Å². The minimum atomic E-state index is 0.213. The number of aryl methyl sites for hydroxylation is 2. The predicted octanol–water partition coefficient (Wildman–Crippen LogP) is 5.53. The Morgan fingerprint density at radius 2 is 1.77 bits per heavy atom. The molecule has 5 rings (SSSR count). The number of hydrogen-bond donors (Lipinski definition) is 0. The molecule has 0 radical (unpaired) electrons. The summed E-state index contributed by atoms with van der Waals surface area (Å²) in [5.74, 6) is 0. The van der Waals surface area contributed by atoms with E-state index in [4.69, 9.17) is 4.42 Å². The van der Waals surface area contributed by atoms with Crippen molar-refractivity contribution in [1.82, 2.24) is 4.98 Å². The SMILES string of the molecule is Cc1cc2oc3c(N4c5ccccc5N(C)[C@@H]4C)c(C)ccc3c2cn1. The molecular formula is C22H21N3O. The zero-order valence-electron chi connectivity index (χ0n) is 15.4. The van der Waals surface area contributed by atoms with Crippen molar-refractivity contribution >= 4 is 39.0 Å². The first-order valence-corrected chi connectivity index (χ1v) is 8.96. The molecule has 26 heavy (non-hydrogen) atoms. The monoisotopic (exact) mass is 343 g/mol. The maximum atomic E-state index is 6.36. The van der Waals surface area contributed by atoms with Crippen LogP contribution in [0.2, 0.25) is 0 Å². The number of anilines is 3. The van der Waals surface area contributed by atoms with Crippen LogP contribution in [0.5, 0.6) is 0 Å². The molecule has 0 spiro atoms. The van der Waals surface area contributed by atoms with Crippen molar-refractivity contribution in [3.05, 3.63) is 59.9 Å². The first kappa shape index (κ1) is 15.3. The summed E-state index contributed by atoms with van der Waals surface area (Å²) >= 11 is 0. The van der Waals surface area contributed by atoms with E-state index in [-0.39, 0.29) is 6.17 Å². The third-order valence-corrected chi connectivity index (χ3v) is 5.53. The number of fused-ring (bicyclic) bond motifs is 4. The van der Waals surface area contributed by atoms with Crippen LogP contribution in [-0.2, 0) is 0 Å². The fraction of sp³-hybridized carbons (Fsp3) is 0.227. The summed E-state index contributed by atoms with van der Waals surface area (Å²) in [6, 6.07) is 14.9. The first-order chi connectivity index (χ1) is 12.6. The maximum Gasteiger partial charge on any atom is 0.159 e. The van der Waals surface area contributed by atoms with E-state index in [2.05, 4.69) is 72.1 Å². The molecule has 2 aromatic heterocycles. The number of rotatable bonds is 1. The Morgan fingerprint density at radius 3 is 2.58 bits per heavy atom. The van der Waals surface area contributed by atoms with Crippen LogP contribution in [0.25, 0.3) is 21.9 Å². The second-order valence-electron chi connectivity index (χ2n) is 7.13. The third-order valence-electron chi connectivity index (χ3n) is 5.53. The van der Waals surface area contributed by atoms with Crippen molar-refractivity contribution in [3.63, 3.8) is 0 Å². The normalized spacial score (nSPS) is 16.7. The molecule has 0 fully saturated rings. The van der Waals surface area contributed by atoms with E-state index in [9.17, 15) is 0 Å². The number of benzene rings is 2. The third kappa shape index (κ3) is 1.93. The van der Waals surface area contributed by atoms with Gasteiger partial charge in [0.05, 0.1) is 17.1 Å². The lowest BCUT2D eigenvalue weighted by atomic mass is 10.1. The fourth-order valence-corrected chi connectivity index (χ4v) is 4.06.